The Morgan fingerprint density at radius 3 is 2.87 bits per heavy atom. The quantitative estimate of drug-likeness (QED) is 0.758. The SMILES string of the molecule is NC(Cc1cc[nH]c1)C(=O)N1CCCC1. The van der Waals surface area contributed by atoms with Crippen molar-refractivity contribution in [3.05, 3.63) is 24.0 Å². The summed E-state index contributed by atoms with van der Waals surface area (Å²) in [7, 11) is 0. The van der Waals surface area contributed by atoms with E-state index >= 15 is 0 Å². The molecule has 4 heteroatoms. The smallest absolute Gasteiger partial charge is 0.239 e. The molecule has 1 aliphatic heterocycles. The number of aromatic amines is 1. The molecular formula is C11H17N3O. The normalized spacial score (nSPS) is 18.1. The van der Waals surface area contributed by atoms with Crippen LogP contribution >= 0.6 is 0 Å². The lowest BCUT2D eigenvalue weighted by Crippen LogP contribution is -2.43. The van der Waals surface area contributed by atoms with Gasteiger partial charge in [0.05, 0.1) is 6.04 Å². The first-order chi connectivity index (χ1) is 7.27. The molecular weight excluding hydrogens is 190 g/mol. The van der Waals surface area contributed by atoms with Gasteiger partial charge in [-0.25, -0.2) is 0 Å². The van der Waals surface area contributed by atoms with Crippen molar-refractivity contribution in [2.24, 2.45) is 5.73 Å². The van der Waals surface area contributed by atoms with Gasteiger partial charge in [0, 0.05) is 25.5 Å². The minimum atomic E-state index is -0.390. The average Bonchev–Trinajstić information content (AvgIpc) is 2.88. The molecule has 1 aromatic rings. The number of likely N-dealkylation sites (tertiary alicyclic amines) is 1. The first-order valence-electron chi connectivity index (χ1n) is 5.43. The van der Waals surface area contributed by atoms with E-state index in [0.29, 0.717) is 6.42 Å². The van der Waals surface area contributed by atoms with Crippen molar-refractivity contribution in [3.63, 3.8) is 0 Å². The molecule has 1 unspecified atom stereocenters. The van der Waals surface area contributed by atoms with E-state index < -0.39 is 0 Å². The summed E-state index contributed by atoms with van der Waals surface area (Å²) in [4.78, 5) is 16.7. The number of nitrogens with two attached hydrogens (primary N) is 1. The zero-order valence-electron chi connectivity index (χ0n) is 8.78. The summed E-state index contributed by atoms with van der Waals surface area (Å²) >= 11 is 0. The minimum Gasteiger partial charge on any atom is -0.367 e. The zero-order chi connectivity index (χ0) is 10.7. The number of nitrogens with zero attached hydrogens (tertiary/aromatic N) is 1. The third-order valence-electron chi connectivity index (χ3n) is 2.85. The maximum Gasteiger partial charge on any atom is 0.239 e. The Hall–Kier alpha value is -1.29. The molecule has 1 amide bonds. The molecule has 0 radical (unpaired) electrons. The number of hydrogen-bond acceptors (Lipinski definition) is 2. The fourth-order valence-corrected chi connectivity index (χ4v) is 2.00. The first kappa shape index (κ1) is 10.2. The van der Waals surface area contributed by atoms with E-state index in [9.17, 15) is 4.79 Å². The number of aromatic nitrogens is 1. The molecule has 0 saturated carbocycles. The fraction of sp³-hybridized carbons (Fsp3) is 0.545. The second kappa shape index (κ2) is 4.49. The van der Waals surface area contributed by atoms with Crippen LogP contribution < -0.4 is 5.73 Å². The molecule has 2 heterocycles. The van der Waals surface area contributed by atoms with E-state index in [1.807, 2.05) is 23.4 Å². The monoisotopic (exact) mass is 207 g/mol. The summed E-state index contributed by atoms with van der Waals surface area (Å²) in [5, 5.41) is 0. The standard InChI is InChI=1S/C11H17N3O/c12-10(7-9-3-4-13-8-9)11(15)14-5-1-2-6-14/h3-4,8,10,13H,1-2,5-7,12H2. The number of rotatable bonds is 3. The van der Waals surface area contributed by atoms with Crippen LogP contribution in [0.1, 0.15) is 18.4 Å². The Morgan fingerprint density at radius 2 is 2.27 bits per heavy atom. The van der Waals surface area contributed by atoms with Gasteiger partial charge in [-0.2, -0.15) is 0 Å². The number of carbonyl (C=O) groups is 1. The molecule has 1 aliphatic rings. The molecule has 0 bridgehead atoms. The van der Waals surface area contributed by atoms with Crippen LogP contribution in [-0.4, -0.2) is 34.9 Å². The number of nitrogens with one attached hydrogen (secondary N) is 1. The summed E-state index contributed by atoms with van der Waals surface area (Å²) in [5.41, 5.74) is 6.98. The average molecular weight is 207 g/mol. The summed E-state index contributed by atoms with van der Waals surface area (Å²) in [6, 6.07) is 1.57. The van der Waals surface area contributed by atoms with E-state index in [4.69, 9.17) is 5.73 Å². The molecule has 1 aromatic heterocycles. The van der Waals surface area contributed by atoms with Gasteiger partial charge in [-0.3, -0.25) is 4.79 Å². The largest absolute Gasteiger partial charge is 0.367 e. The second-order valence-electron chi connectivity index (χ2n) is 4.06. The molecule has 1 atom stereocenters. The van der Waals surface area contributed by atoms with Gasteiger partial charge >= 0.3 is 0 Å². The molecule has 2 rings (SSSR count). The summed E-state index contributed by atoms with van der Waals surface area (Å²) in [6.45, 7) is 1.75. The van der Waals surface area contributed by atoms with Gasteiger partial charge in [0.15, 0.2) is 0 Å². The second-order valence-corrected chi connectivity index (χ2v) is 4.06. The molecule has 15 heavy (non-hydrogen) atoms. The molecule has 1 fully saturated rings. The maximum absolute atomic E-state index is 11.9. The van der Waals surface area contributed by atoms with Gasteiger partial charge in [-0.05, 0) is 30.9 Å². The molecule has 0 aliphatic carbocycles. The molecule has 0 aromatic carbocycles. The van der Waals surface area contributed by atoms with Crippen LogP contribution in [-0.2, 0) is 11.2 Å². The number of hydrogen-bond donors (Lipinski definition) is 2. The summed E-state index contributed by atoms with van der Waals surface area (Å²) in [6.07, 6.45) is 6.59. The number of H-pyrrole nitrogens is 1. The van der Waals surface area contributed by atoms with Crippen LogP contribution in [0.25, 0.3) is 0 Å². The van der Waals surface area contributed by atoms with Crippen molar-refractivity contribution in [2.75, 3.05) is 13.1 Å². The molecule has 4 nitrogen and oxygen atoms in total. The van der Waals surface area contributed by atoms with Gasteiger partial charge in [0.1, 0.15) is 0 Å². The van der Waals surface area contributed by atoms with Crippen molar-refractivity contribution in [1.29, 1.82) is 0 Å². The van der Waals surface area contributed by atoms with E-state index in [2.05, 4.69) is 4.98 Å². The molecule has 1 saturated heterocycles. The van der Waals surface area contributed by atoms with Crippen molar-refractivity contribution >= 4 is 5.91 Å². The van der Waals surface area contributed by atoms with Crippen LogP contribution in [0.4, 0.5) is 0 Å². The summed E-state index contributed by atoms with van der Waals surface area (Å²) < 4.78 is 0. The maximum atomic E-state index is 11.9. The first-order valence-corrected chi connectivity index (χ1v) is 5.43. The van der Waals surface area contributed by atoms with Gasteiger partial charge in [-0.15, -0.1) is 0 Å². The van der Waals surface area contributed by atoms with Gasteiger partial charge < -0.3 is 15.6 Å². The van der Waals surface area contributed by atoms with E-state index in [1.54, 1.807) is 0 Å². The number of carbonyl (C=O) groups excluding carboxylic acids is 1. The minimum absolute atomic E-state index is 0.0914. The van der Waals surface area contributed by atoms with Crippen molar-refractivity contribution in [3.8, 4) is 0 Å². The Labute approximate surface area is 89.5 Å². The van der Waals surface area contributed by atoms with E-state index in [0.717, 1.165) is 31.5 Å². The van der Waals surface area contributed by atoms with Crippen LogP contribution in [0.2, 0.25) is 0 Å². The predicted octanol–water partition coefficient (Wildman–Crippen LogP) is 0.507. The fourth-order valence-electron chi connectivity index (χ4n) is 2.00. The Kier molecular flexibility index (Phi) is 3.06. The van der Waals surface area contributed by atoms with Crippen molar-refractivity contribution in [1.82, 2.24) is 9.88 Å². The highest BCUT2D eigenvalue weighted by Crippen LogP contribution is 2.10. The van der Waals surface area contributed by atoms with Gasteiger partial charge in [0.2, 0.25) is 5.91 Å². The van der Waals surface area contributed by atoms with Crippen LogP contribution in [0.5, 0.6) is 0 Å². The highest BCUT2D eigenvalue weighted by atomic mass is 16.2. The number of amides is 1. The Balaban J connectivity index is 1.89. The van der Waals surface area contributed by atoms with E-state index in [-0.39, 0.29) is 11.9 Å². The molecule has 82 valence electrons. The Bertz CT molecular complexity index is 315. The van der Waals surface area contributed by atoms with E-state index in [1.165, 1.54) is 0 Å². The zero-order valence-corrected chi connectivity index (χ0v) is 8.78. The lowest BCUT2D eigenvalue weighted by Gasteiger charge is -2.19. The lowest BCUT2D eigenvalue weighted by atomic mass is 10.1. The third-order valence-corrected chi connectivity index (χ3v) is 2.85. The Morgan fingerprint density at radius 1 is 1.53 bits per heavy atom. The summed E-state index contributed by atoms with van der Waals surface area (Å²) in [5.74, 6) is 0.0914. The van der Waals surface area contributed by atoms with Crippen LogP contribution in [0.3, 0.4) is 0 Å². The highest BCUT2D eigenvalue weighted by molar-refractivity contribution is 5.82. The van der Waals surface area contributed by atoms with Crippen LogP contribution in [0.15, 0.2) is 18.5 Å². The third kappa shape index (κ3) is 2.39. The van der Waals surface area contributed by atoms with Crippen molar-refractivity contribution < 1.29 is 4.79 Å². The lowest BCUT2D eigenvalue weighted by molar-refractivity contribution is -0.131. The highest BCUT2D eigenvalue weighted by Gasteiger charge is 2.23. The van der Waals surface area contributed by atoms with Crippen LogP contribution in [0, 0.1) is 0 Å². The predicted molar refractivity (Wildman–Crippen MR) is 58.3 cm³/mol. The van der Waals surface area contributed by atoms with Crippen molar-refractivity contribution in [2.45, 2.75) is 25.3 Å². The molecule has 3 N–H and O–H groups in total. The molecule has 0 spiro atoms. The topological polar surface area (TPSA) is 62.1 Å². The van der Waals surface area contributed by atoms with Gasteiger partial charge in [-0.1, -0.05) is 0 Å². The van der Waals surface area contributed by atoms with Gasteiger partial charge in [0.25, 0.3) is 0 Å².